The molecule has 1 aromatic heterocycles. The van der Waals surface area contributed by atoms with Gasteiger partial charge in [0, 0.05) is 38.1 Å². The molecule has 0 atom stereocenters. The van der Waals surface area contributed by atoms with Crippen LogP contribution in [0, 0.1) is 11.3 Å². The van der Waals surface area contributed by atoms with Crippen LogP contribution in [0.1, 0.15) is 362 Å². The van der Waals surface area contributed by atoms with Crippen LogP contribution in [0.5, 0.6) is 0 Å². The first-order chi connectivity index (χ1) is 59.6. The summed E-state index contributed by atoms with van der Waals surface area (Å²) < 4.78 is 2.57. The summed E-state index contributed by atoms with van der Waals surface area (Å²) in [6, 6.07) is 90.9. The van der Waals surface area contributed by atoms with Crippen molar-refractivity contribution in [2.24, 2.45) is 0 Å². The molecule has 0 aliphatic heterocycles. The number of hydrogen-bond donors (Lipinski definition) is 0. The molecule has 0 amide bonds. The van der Waals surface area contributed by atoms with Crippen LogP contribution in [0.15, 0.2) is 218 Å². The first-order valence-electron chi connectivity index (χ1n) is 49.3. The molecule has 11 aromatic carbocycles. The highest BCUT2D eigenvalue weighted by Gasteiger charge is 2.48. The lowest BCUT2D eigenvalue weighted by Crippen LogP contribution is -2.26. The quantitative estimate of drug-likeness (QED) is 0.0350. The Hall–Kier alpha value is -9.29. The summed E-state index contributed by atoms with van der Waals surface area (Å²) in [5, 5.41) is 12.5. The van der Waals surface area contributed by atoms with Crippen LogP contribution >= 0.6 is 0 Å². The number of nitriles is 1. The molecule has 0 unspecified atom stereocenters. The molecule has 2 nitrogen and oxygen atoms in total. The smallest absolute Gasteiger partial charge is 0.0991 e. The van der Waals surface area contributed by atoms with E-state index >= 15 is 0 Å². The second-order valence-electron chi connectivity index (χ2n) is 37.9. The van der Waals surface area contributed by atoms with E-state index in [0.29, 0.717) is 5.56 Å². The van der Waals surface area contributed by atoms with E-state index in [-0.39, 0.29) is 21.7 Å². The second kappa shape index (κ2) is 39.1. The van der Waals surface area contributed by atoms with Crippen LogP contribution in [0.2, 0.25) is 0 Å². The predicted molar refractivity (Wildman–Crippen MR) is 522 cm³/mol. The van der Waals surface area contributed by atoms with E-state index in [2.05, 4.69) is 272 Å². The van der Waals surface area contributed by atoms with Crippen molar-refractivity contribution in [3.63, 3.8) is 0 Å². The van der Waals surface area contributed by atoms with Gasteiger partial charge in [0.05, 0.1) is 22.7 Å². The summed E-state index contributed by atoms with van der Waals surface area (Å²) in [4.78, 5) is 0. The van der Waals surface area contributed by atoms with Gasteiger partial charge in [0.25, 0.3) is 0 Å². The molecule has 4 aliphatic carbocycles. The highest BCUT2D eigenvalue weighted by atomic mass is 15.0. The van der Waals surface area contributed by atoms with E-state index in [0.717, 1.165) is 12.8 Å². The van der Waals surface area contributed by atoms with Crippen LogP contribution < -0.4 is 0 Å². The minimum atomic E-state index is -0.110. The van der Waals surface area contributed by atoms with Crippen molar-refractivity contribution >= 4 is 21.8 Å². The van der Waals surface area contributed by atoms with Crippen molar-refractivity contribution in [1.82, 2.24) is 4.57 Å². The van der Waals surface area contributed by atoms with Gasteiger partial charge in [-0.1, -0.05) is 400 Å². The van der Waals surface area contributed by atoms with Crippen molar-refractivity contribution in [2.45, 2.75) is 334 Å². The third-order valence-corrected chi connectivity index (χ3v) is 30.3. The first-order valence-corrected chi connectivity index (χ1v) is 49.3. The van der Waals surface area contributed by atoms with Gasteiger partial charge in [0.1, 0.15) is 0 Å². The summed E-state index contributed by atoms with van der Waals surface area (Å²) in [5.41, 5.74) is 39.0. The van der Waals surface area contributed by atoms with Crippen LogP contribution in [0.3, 0.4) is 0 Å². The lowest BCUT2D eigenvalue weighted by molar-refractivity contribution is 0.400. The molecule has 0 spiro atoms. The van der Waals surface area contributed by atoms with Gasteiger partial charge in [-0.15, -0.1) is 0 Å². The lowest BCUT2D eigenvalue weighted by Gasteiger charge is -2.34. The number of benzene rings is 11. The highest BCUT2D eigenvalue weighted by molar-refractivity contribution is 6.09. The fourth-order valence-corrected chi connectivity index (χ4v) is 23.8. The number of rotatable bonds is 45. The van der Waals surface area contributed by atoms with Gasteiger partial charge in [-0.2, -0.15) is 5.26 Å². The van der Waals surface area contributed by atoms with Crippen LogP contribution in [-0.4, -0.2) is 4.57 Å². The highest BCUT2D eigenvalue weighted by Crippen LogP contribution is 2.62. The number of para-hydroxylation sites is 2. The lowest BCUT2D eigenvalue weighted by atomic mass is 9.69. The van der Waals surface area contributed by atoms with Gasteiger partial charge in [-0.05, 0) is 264 Å². The Balaban J connectivity index is 0.798. The summed E-state index contributed by atoms with van der Waals surface area (Å²) in [7, 11) is 0. The van der Waals surface area contributed by atoms with E-state index in [4.69, 9.17) is 0 Å². The molecule has 2 heteroatoms. The third-order valence-electron chi connectivity index (χ3n) is 30.3. The molecule has 1 heterocycles. The monoisotopic (exact) mass is 1600 g/mol. The molecular weight excluding hydrogens is 1460 g/mol. The molecular formula is C119H140N2. The Morgan fingerprint density at radius 2 is 0.421 bits per heavy atom. The summed E-state index contributed by atoms with van der Waals surface area (Å²) in [5.74, 6) is 0. The number of fused-ring (bicyclic) bond motifs is 15. The van der Waals surface area contributed by atoms with Gasteiger partial charge in [-0.3, -0.25) is 0 Å². The summed E-state index contributed by atoms with van der Waals surface area (Å²) >= 11 is 0. The number of nitrogens with zero attached hydrogens (tertiary/aromatic N) is 2. The minimum Gasteiger partial charge on any atom is -0.309 e. The number of hydrogen-bond acceptors (Lipinski definition) is 1. The zero-order chi connectivity index (χ0) is 83.3. The molecule has 121 heavy (non-hydrogen) atoms. The zero-order valence-electron chi connectivity index (χ0n) is 75.5. The normalized spacial score (nSPS) is 14.4. The Labute approximate surface area is 729 Å². The maximum absolute atomic E-state index is 9.81. The topological polar surface area (TPSA) is 28.7 Å². The van der Waals surface area contributed by atoms with Crippen molar-refractivity contribution in [1.29, 1.82) is 5.26 Å². The van der Waals surface area contributed by atoms with Crippen LogP contribution in [-0.2, 0) is 21.7 Å². The SMILES string of the molecule is CCCCCCC1(CCCCCC)c2cc(-c3ccc(C#N)cc3)ccc2-c2ccc(-c3ccc4c(c3)C(CCCCCC)(CCCCCC)c3cc(-c5ccc6c(c5)C(CCCCCC)(CCCCCC)c5cc(-c7ccc8c(c7)C(CCCCCC)(CCCCCC)c7cc(-n9c%10ccccc%10c%10ccccc%109)ccc7-8)ccc5-6)ccc3-4)cc21. The fourth-order valence-electron chi connectivity index (χ4n) is 23.8. The van der Waals surface area contributed by atoms with E-state index in [1.165, 1.54) is 366 Å². The van der Waals surface area contributed by atoms with Crippen molar-refractivity contribution < 1.29 is 0 Å². The molecule has 0 N–H and O–H groups in total. The van der Waals surface area contributed by atoms with Crippen molar-refractivity contribution in [3.8, 4) is 101 Å². The molecule has 4 aliphatic rings. The minimum absolute atomic E-state index is 0.0848. The Kier molecular flexibility index (Phi) is 27.5. The maximum atomic E-state index is 9.81. The molecule has 0 radical (unpaired) electrons. The third kappa shape index (κ3) is 16.6. The Morgan fingerprint density at radius 1 is 0.215 bits per heavy atom. The molecule has 0 bridgehead atoms. The Bertz CT molecular complexity index is 5500. The van der Waals surface area contributed by atoms with Gasteiger partial charge < -0.3 is 4.57 Å². The zero-order valence-corrected chi connectivity index (χ0v) is 75.5. The molecule has 0 saturated carbocycles. The summed E-state index contributed by atoms with van der Waals surface area (Å²) in [6.45, 7) is 19.0. The molecule has 12 aromatic rings. The molecule has 626 valence electrons. The van der Waals surface area contributed by atoms with Crippen molar-refractivity contribution in [2.75, 3.05) is 0 Å². The van der Waals surface area contributed by atoms with E-state index < -0.39 is 0 Å². The Morgan fingerprint density at radius 3 is 0.653 bits per heavy atom. The standard InChI is InChI=1S/C119H140N2/c1-9-17-25-37-69-116(70-38-26-18-10-2)106-77-88(87-51-49-86(85-120)50-52-87)53-61-96(106)97-62-54-89(78-107(97)116)90-55-63-98-99-64-56-91(80-109(99)117(108(98)79-90,71-39-27-19-11-3)72-40-28-20-12-4)92-57-65-100-101-66-58-93(82-111(101)118(110(100)81-92,73-41-29-21-13-5)74-42-30-22-14-6)94-59-67-102-103-68-60-95(121-114-47-35-33-45-104(114)105-46-34-36-48-115(105)121)84-113(103)119(112(102)83-94,75-43-31-23-15-7)76-44-32-24-16-8/h33-36,45-68,77-84H,9-32,37-44,69-76H2,1-8H3. The average Bonchev–Trinajstić information content (AvgIpc) is 1.56. The van der Waals surface area contributed by atoms with Gasteiger partial charge in [-0.25, -0.2) is 0 Å². The van der Waals surface area contributed by atoms with Gasteiger partial charge in [0.2, 0.25) is 0 Å². The largest absolute Gasteiger partial charge is 0.309 e. The first kappa shape index (κ1) is 85.3. The van der Waals surface area contributed by atoms with E-state index in [1.807, 2.05) is 12.1 Å². The van der Waals surface area contributed by atoms with E-state index in [1.54, 1.807) is 38.9 Å². The number of unbranched alkanes of at least 4 members (excludes halogenated alkanes) is 24. The molecule has 16 rings (SSSR count). The summed E-state index contributed by atoms with van der Waals surface area (Å²) in [6.07, 6.45) is 49.5. The average molecular weight is 1600 g/mol. The van der Waals surface area contributed by atoms with Crippen LogP contribution in [0.4, 0.5) is 0 Å². The number of aromatic nitrogens is 1. The van der Waals surface area contributed by atoms with E-state index in [9.17, 15) is 5.26 Å². The fraction of sp³-hybridized carbons (Fsp3) is 0.437. The molecule has 0 fully saturated rings. The molecule has 0 saturated heterocycles. The van der Waals surface area contributed by atoms with Gasteiger partial charge >= 0.3 is 0 Å². The second-order valence-corrected chi connectivity index (χ2v) is 37.9. The van der Waals surface area contributed by atoms with Crippen LogP contribution in [0.25, 0.3) is 117 Å². The maximum Gasteiger partial charge on any atom is 0.0991 e. The van der Waals surface area contributed by atoms with Gasteiger partial charge in [0.15, 0.2) is 0 Å². The predicted octanol–water partition coefficient (Wildman–Crippen LogP) is 36.2. The van der Waals surface area contributed by atoms with Crippen molar-refractivity contribution in [3.05, 3.63) is 268 Å².